The van der Waals surface area contributed by atoms with Crippen LogP contribution in [0, 0.1) is 6.07 Å². The molecular weight excluding hydrogens is 1110 g/mol. The Labute approximate surface area is 462 Å². The fourth-order valence-electron chi connectivity index (χ4n) is 10.2. The summed E-state index contributed by atoms with van der Waals surface area (Å²) in [6, 6.07) is 102. The van der Waals surface area contributed by atoms with Gasteiger partial charge in [-0.05, 0) is 161 Å². The zero-order valence-electron chi connectivity index (χ0n) is 41.8. The quantitative estimate of drug-likeness (QED) is 0.121. The van der Waals surface area contributed by atoms with Gasteiger partial charge in [-0.25, -0.2) is 15.0 Å². The van der Waals surface area contributed by atoms with E-state index < -0.39 is 0 Å². The van der Waals surface area contributed by atoms with E-state index in [-0.39, 0.29) is 20.1 Å². The summed E-state index contributed by atoms with van der Waals surface area (Å²) in [5.41, 5.74) is 19.7. The molecule has 0 bridgehead atoms. The molecule has 0 aliphatic rings. The molecule has 0 spiro atoms. The third kappa shape index (κ3) is 10.3. The van der Waals surface area contributed by atoms with E-state index in [1.807, 2.05) is 24.4 Å². The van der Waals surface area contributed by atoms with Gasteiger partial charge in [0.25, 0.3) is 0 Å². The van der Waals surface area contributed by atoms with Crippen LogP contribution in [0.1, 0.15) is 0 Å². The van der Waals surface area contributed by atoms with Crippen molar-refractivity contribution in [2.75, 3.05) is 0 Å². The minimum atomic E-state index is 0. The number of fused-ring (bicyclic) bond motifs is 1. The molecule has 2 heterocycles. The Morgan fingerprint density at radius 2 is 0.571 bits per heavy atom. The van der Waals surface area contributed by atoms with Gasteiger partial charge in [0.2, 0.25) is 0 Å². The Morgan fingerprint density at radius 3 is 1.03 bits per heavy atom. The van der Waals surface area contributed by atoms with Crippen LogP contribution < -0.4 is 0 Å². The van der Waals surface area contributed by atoms with Gasteiger partial charge in [-0.1, -0.05) is 200 Å². The Morgan fingerprint density at radius 1 is 0.247 bits per heavy atom. The first-order chi connectivity index (χ1) is 37.6. The van der Waals surface area contributed by atoms with Crippen molar-refractivity contribution in [3.63, 3.8) is 0 Å². The molecule has 0 amide bonds. The average molecular weight is 1160 g/mol. The summed E-state index contributed by atoms with van der Waals surface area (Å²) in [5, 5.41) is 2.16. The Bertz CT molecular complexity index is 4140. The second-order valence-electron chi connectivity index (χ2n) is 19.0. The molecule has 13 rings (SSSR count). The average Bonchev–Trinajstić information content (AvgIpc) is 3.52. The molecule has 0 N–H and O–H groups in total. The van der Waals surface area contributed by atoms with E-state index in [2.05, 4.69) is 267 Å². The molecule has 0 saturated heterocycles. The number of hydrogen-bond donors (Lipinski definition) is 0. The van der Waals surface area contributed by atoms with Gasteiger partial charge < -0.3 is 4.98 Å². The Hall–Kier alpha value is -9.51. The molecule has 0 aliphatic heterocycles. The zero-order chi connectivity index (χ0) is 50.6. The van der Waals surface area contributed by atoms with Gasteiger partial charge in [0.15, 0.2) is 11.6 Å². The SMILES string of the molecule is [Ir].[c-]1ccc(-c2nc(-c3cc(-c4ccccc4)cc(-c4cccc(-c5ccccc5)c4)c3)nc(-c3cc(-c4ccccc4)cc(-c4cc(-c5ccccc5)cc(-c5ccccc5)c4)c3)n2)cc1-c1nccc2ccccc12. The van der Waals surface area contributed by atoms with Gasteiger partial charge in [-0.3, -0.25) is 0 Å². The van der Waals surface area contributed by atoms with Gasteiger partial charge in [-0.15, -0.1) is 29.8 Å². The summed E-state index contributed by atoms with van der Waals surface area (Å²) in [7, 11) is 0. The molecule has 365 valence electrons. The van der Waals surface area contributed by atoms with Crippen molar-refractivity contribution in [2.45, 2.75) is 0 Å². The van der Waals surface area contributed by atoms with Crippen molar-refractivity contribution in [2.24, 2.45) is 0 Å². The molecule has 5 heteroatoms. The maximum atomic E-state index is 5.51. The van der Waals surface area contributed by atoms with E-state index in [0.29, 0.717) is 17.5 Å². The summed E-state index contributed by atoms with van der Waals surface area (Å²) in [5.74, 6) is 1.65. The van der Waals surface area contributed by atoms with Gasteiger partial charge in [-0.2, -0.15) is 0 Å². The van der Waals surface area contributed by atoms with Crippen molar-refractivity contribution in [3.05, 3.63) is 291 Å². The summed E-state index contributed by atoms with van der Waals surface area (Å²) in [4.78, 5) is 21.3. The van der Waals surface area contributed by atoms with E-state index in [4.69, 9.17) is 19.9 Å². The molecule has 77 heavy (non-hydrogen) atoms. The third-order valence-corrected chi connectivity index (χ3v) is 14.0. The zero-order valence-corrected chi connectivity index (χ0v) is 44.2. The van der Waals surface area contributed by atoms with Crippen molar-refractivity contribution in [3.8, 4) is 123 Å². The van der Waals surface area contributed by atoms with Crippen molar-refractivity contribution in [1.82, 2.24) is 19.9 Å². The van der Waals surface area contributed by atoms with Gasteiger partial charge in [0, 0.05) is 37.4 Å². The van der Waals surface area contributed by atoms with Gasteiger partial charge >= 0.3 is 0 Å². The van der Waals surface area contributed by atoms with Crippen LogP contribution in [-0.4, -0.2) is 19.9 Å². The Kier molecular flexibility index (Phi) is 13.7. The first-order valence-electron chi connectivity index (χ1n) is 25.6. The first-order valence-corrected chi connectivity index (χ1v) is 25.6. The summed E-state index contributed by atoms with van der Waals surface area (Å²) in [6.07, 6.45) is 1.86. The second kappa shape index (κ2) is 21.8. The van der Waals surface area contributed by atoms with Crippen LogP contribution >= 0.6 is 0 Å². The smallest absolute Gasteiger partial charge is 0.164 e. The third-order valence-electron chi connectivity index (χ3n) is 14.0. The van der Waals surface area contributed by atoms with Crippen LogP contribution in [0.3, 0.4) is 0 Å². The fraction of sp³-hybridized carbons (Fsp3) is 0. The Balaban J connectivity index is 0.00000596. The predicted octanol–water partition coefficient (Wildman–Crippen LogP) is 18.6. The van der Waals surface area contributed by atoms with E-state index >= 15 is 0 Å². The molecule has 0 saturated carbocycles. The number of pyridine rings is 1. The molecule has 0 unspecified atom stereocenters. The molecule has 2 aromatic heterocycles. The maximum Gasteiger partial charge on any atom is 0.164 e. The molecular formula is C72H47IrN4-. The van der Waals surface area contributed by atoms with E-state index in [1.54, 1.807) is 0 Å². The van der Waals surface area contributed by atoms with E-state index in [9.17, 15) is 0 Å². The largest absolute Gasteiger partial charge is 0.304 e. The molecule has 0 aliphatic carbocycles. The van der Waals surface area contributed by atoms with Crippen molar-refractivity contribution < 1.29 is 20.1 Å². The minimum absolute atomic E-state index is 0. The molecule has 1 radical (unpaired) electrons. The van der Waals surface area contributed by atoms with Gasteiger partial charge in [0.1, 0.15) is 5.82 Å². The standard InChI is InChI=1S/C72H47N4.Ir/c1-6-20-49(21-7-1)55-31-18-32-56(38-55)63-41-61(52-26-12-4-13-27-52)45-66(47-63)71-74-70(58-34-19-33-57(39-58)69-68-35-17-16-30-54(68)36-37-73-69)75-72(76-71)67-46-62(53-28-14-5-15-29-53)44-65(48-67)64-42-59(50-22-8-2-9-23-50)40-60(43-64)51-24-10-3-11-25-51;/h1-32,34-48H;/q-1;. The predicted molar refractivity (Wildman–Crippen MR) is 314 cm³/mol. The summed E-state index contributed by atoms with van der Waals surface area (Å²) in [6.45, 7) is 0. The topological polar surface area (TPSA) is 51.6 Å². The molecule has 11 aromatic carbocycles. The normalized spacial score (nSPS) is 11.0. The number of nitrogens with zero attached hydrogens (tertiary/aromatic N) is 4. The van der Waals surface area contributed by atoms with Crippen molar-refractivity contribution >= 4 is 10.8 Å². The van der Waals surface area contributed by atoms with E-state index in [0.717, 1.165) is 117 Å². The van der Waals surface area contributed by atoms with Crippen LogP contribution in [-0.2, 0) is 20.1 Å². The number of hydrogen-bond acceptors (Lipinski definition) is 4. The first kappa shape index (κ1) is 48.4. The number of aromatic nitrogens is 4. The number of rotatable bonds is 11. The number of benzene rings is 11. The van der Waals surface area contributed by atoms with Crippen LogP contribution in [0.15, 0.2) is 285 Å². The molecule has 13 aromatic rings. The van der Waals surface area contributed by atoms with Gasteiger partial charge in [0.05, 0.1) is 0 Å². The summed E-state index contributed by atoms with van der Waals surface area (Å²) >= 11 is 0. The molecule has 4 nitrogen and oxygen atoms in total. The van der Waals surface area contributed by atoms with Crippen LogP contribution in [0.4, 0.5) is 0 Å². The summed E-state index contributed by atoms with van der Waals surface area (Å²) < 4.78 is 0. The maximum absolute atomic E-state index is 5.51. The molecule has 0 fully saturated rings. The van der Waals surface area contributed by atoms with Crippen LogP contribution in [0.25, 0.3) is 134 Å². The monoisotopic (exact) mass is 1160 g/mol. The van der Waals surface area contributed by atoms with E-state index in [1.165, 1.54) is 0 Å². The molecule has 0 atom stereocenters. The second-order valence-corrected chi connectivity index (χ2v) is 19.0. The van der Waals surface area contributed by atoms with Crippen molar-refractivity contribution in [1.29, 1.82) is 0 Å². The van der Waals surface area contributed by atoms with Crippen LogP contribution in [0.5, 0.6) is 0 Å². The minimum Gasteiger partial charge on any atom is -0.304 e. The van der Waals surface area contributed by atoms with Crippen LogP contribution in [0.2, 0.25) is 0 Å². The fourth-order valence-corrected chi connectivity index (χ4v) is 10.2.